The van der Waals surface area contributed by atoms with Gasteiger partial charge >= 0.3 is 5.97 Å². The summed E-state index contributed by atoms with van der Waals surface area (Å²) in [5, 5.41) is 0.568. The lowest BCUT2D eigenvalue weighted by atomic mass is 10.2. The first kappa shape index (κ1) is 19.3. The maximum absolute atomic E-state index is 12.5. The number of amides is 1. The molecule has 1 aliphatic heterocycles. The Morgan fingerprint density at radius 3 is 2.52 bits per heavy atom. The highest BCUT2D eigenvalue weighted by molar-refractivity contribution is 6.30. The second kappa shape index (κ2) is 8.05. The number of halogens is 1. The average Bonchev–Trinajstić information content (AvgIpc) is 3.28. The van der Waals surface area contributed by atoms with E-state index >= 15 is 0 Å². The molecule has 1 aromatic carbocycles. The minimum absolute atomic E-state index is 0.147. The summed E-state index contributed by atoms with van der Waals surface area (Å²) in [6.45, 7) is 4.95. The molecule has 0 atom stereocenters. The molecule has 1 fully saturated rings. The van der Waals surface area contributed by atoms with Gasteiger partial charge in [-0.3, -0.25) is 4.79 Å². The fraction of sp³-hybridized carbons (Fsp3) is 0.400. The molecule has 2 aromatic rings. The average molecular weight is 391 g/mol. The number of nitrogens with zero attached hydrogens (tertiary/aromatic N) is 2. The lowest BCUT2D eigenvalue weighted by Crippen LogP contribution is -2.32. The van der Waals surface area contributed by atoms with Gasteiger partial charge in [0.2, 0.25) is 0 Å². The van der Waals surface area contributed by atoms with Crippen LogP contribution in [0.15, 0.2) is 24.3 Å². The standard InChI is InChI=1S/C20H23ClN2O4/c1-13-10-16(20(25)27-12-19(24)22-8-4-5-9-22)14(2)23(13)17-11-15(21)6-7-18(17)26-3/h6-7,10-11H,4-5,8-9,12H2,1-3H3. The van der Waals surface area contributed by atoms with Crippen molar-refractivity contribution in [2.45, 2.75) is 26.7 Å². The van der Waals surface area contributed by atoms with Crippen molar-refractivity contribution < 1.29 is 19.1 Å². The van der Waals surface area contributed by atoms with Gasteiger partial charge in [0.15, 0.2) is 6.61 Å². The quantitative estimate of drug-likeness (QED) is 0.733. The molecule has 1 aliphatic rings. The second-order valence-electron chi connectivity index (χ2n) is 6.60. The smallest absolute Gasteiger partial charge is 0.340 e. The van der Waals surface area contributed by atoms with Crippen molar-refractivity contribution in [1.82, 2.24) is 9.47 Å². The Morgan fingerprint density at radius 2 is 1.85 bits per heavy atom. The van der Waals surface area contributed by atoms with Crippen LogP contribution >= 0.6 is 11.6 Å². The van der Waals surface area contributed by atoms with E-state index in [9.17, 15) is 9.59 Å². The number of ether oxygens (including phenoxy) is 2. The topological polar surface area (TPSA) is 60.8 Å². The van der Waals surface area contributed by atoms with E-state index in [-0.39, 0.29) is 12.5 Å². The van der Waals surface area contributed by atoms with E-state index in [1.54, 1.807) is 36.3 Å². The number of carbonyl (C=O) groups excluding carboxylic acids is 2. The largest absolute Gasteiger partial charge is 0.495 e. The predicted octanol–water partition coefficient (Wildman–Crippen LogP) is 3.54. The number of likely N-dealkylation sites (tertiary alicyclic amines) is 1. The number of esters is 1. The molecule has 6 nitrogen and oxygen atoms in total. The van der Waals surface area contributed by atoms with Crippen molar-refractivity contribution in [3.05, 3.63) is 46.2 Å². The number of hydrogen-bond donors (Lipinski definition) is 0. The highest BCUT2D eigenvalue weighted by atomic mass is 35.5. The van der Waals surface area contributed by atoms with Crippen LogP contribution in [0.25, 0.3) is 5.69 Å². The van der Waals surface area contributed by atoms with Gasteiger partial charge in [-0.2, -0.15) is 0 Å². The van der Waals surface area contributed by atoms with E-state index in [1.165, 1.54) is 0 Å². The zero-order valence-corrected chi connectivity index (χ0v) is 16.5. The third-order valence-corrected chi connectivity index (χ3v) is 5.05. The van der Waals surface area contributed by atoms with Gasteiger partial charge in [-0.25, -0.2) is 4.79 Å². The van der Waals surface area contributed by atoms with Crippen molar-refractivity contribution in [3.8, 4) is 11.4 Å². The van der Waals surface area contributed by atoms with Gasteiger partial charge in [0.1, 0.15) is 5.75 Å². The maximum atomic E-state index is 12.5. The van der Waals surface area contributed by atoms with Gasteiger partial charge in [-0.05, 0) is 51.0 Å². The molecule has 0 spiro atoms. The zero-order valence-electron chi connectivity index (χ0n) is 15.8. The summed E-state index contributed by atoms with van der Waals surface area (Å²) in [7, 11) is 1.58. The number of hydrogen-bond acceptors (Lipinski definition) is 4. The Hall–Kier alpha value is -2.47. The molecular weight excluding hydrogens is 368 g/mol. The minimum Gasteiger partial charge on any atom is -0.495 e. The number of carbonyl (C=O) groups is 2. The molecule has 1 saturated heterocycles. The molecule has 3 rings (SSSR count). The minimum atomic E-state index is -0.511. The van der Waals surface area contributed by atoms with E-state index in [2.05, 4.69) is 0 Å². The molecule has 0 bridgehead atoms. The van der Waals surface area contributed by atoms with E-state index < -0.39 is 5.97 Å². The molecule has 144 valence electrons. The number of methoxy groups -OCH3 is 1. The number of aryl methyl sites for hydroxylation is 1. The summed E-state index contributed by atoms with van der Waals surface area (Å²) >= 11 is 6.14. The molecule has 1 amide bonds. The van der Waals surface area contributed by atoms with Gasteiger partial charge in [-0.1, -0.05) is 11.6 Å². The zero-order chi connectivity index (χ0) is 19.6. The Morgan fingerprint density at radius 1 is 1.15 bits per heavy atom. The maximum Gasteiger partial charge on any atom is 0.340 e. The van der Waals surface area contributed by atoms with Gasteiger partial charge < -0.3 is 18.9 Å². The Balaban J connectivity index is 1.82. The fourth-order valence-corrected chi connectivity index (χ4v) is 3.61. The van der Waals surface area contributed by atoms with Gasteiger partial charge in [0, 0.05) is 29.5 Å². The van der Waals surface area contributed by atoms with Crippen molar-refractivity contribution >= 4 is 23.5 Å². The van der Waals surface area contributed by atoms with Crippen LogP contribution in [0, 0.1) is 13.8 Å². The fourth-order valence-electron chi connectivity index (χ4n) is 3.44. The van der Waals surface area contributed by atoms with Crippen LogP contribution in [0.2, 0.25) is 5.02 Å². The monoisotopic (exact) mass is 390 g/mol. The van der Waals surface area contributed by atoms with Crippen LogP contribution in [-0.2, 0) is 9.53 Å². The van der Waals surface area contributed by atoms with Crippen molar-refractivity contribution in [3.63, 3.8) is 0 Å². The molecule has 0 unspecified atom stereocenters. The summed E-state index contributed by atoms with van der Waals surface area (Å²) in [5.74, 6) is -0.0145. The molecule has 0 saturated carbocycles. The number of benzene rings is 1. The predicted molar refractivity (Wildman–Crippen MR) is 103 cm³/mol. The molecule has 2 heterocycles. The van der Waals surface area contributed by atoms with Crippen LogP contribution in [-0.4, -0.2) is 48.1 Å². The first-order chi connectivity index (χ1) is 12.9. The van der Waals surface area contributed by atoms with E-state index in [0.717, 1.165) is 37.3 Å². The molecule has 0 aliphatic carbocycles. The molecule has 0 radical (unpaired) electrons. The summed E-state index contributed by atoms with van der Waals surface area (Å²) in [5.41, 5.74) is 2.70. The Bertz CT molecular complexity index is 869. The van der Waals surface area contributed by atoms with Gasteiger partial charge in [-0.15, -0.1) is 0 Å². The molecular formula is C20H23ClN2O4. The van der Waals surface area contributed by atoms with Crippen LogP contribution in [0.4, 0.5) is 0 Å². The summed E-state index contributed by atoms with van der Waals surface area (Å²) in [6, 6.07) is 7.06. The molecule has 0 N–H and O–H groups in total. The van der Waals surface area contributed by atoms with Crippen molar-refractivity contribution in [1.29, 1.82) is 0 Å². The normalized spacial score (nSPS) is 13.7. The Kier molecular flexibility index (Phi) is 5.75. The second-order valence-corrected chi connectivity index (χ2v) is 7.04. The first-order valence-corrected chi connectivity index (χ1v) is 9.28. The van der Waals surface area contributed by atoms with Crippen LogP contribution < -0.4 is 4.74 Å². The number of aromatic nitrogens is 1. The Labute approximate surface area is 163 Å². The van der Waals surface area contributed by atoms with E-state index in [4.69, 9.17) is 21.1 Å². The first-order valence-electron chi connectivity index (χ1n) is 8.90. The van der Waals surface area contributed by atoms with Gasteiger partial charge in [0.05, 0.1) is 18.4 Å². The molecule has 27 heavy (non-hydrogen) atoms. The van der Waals surface area contributed by atoms with Crippen molar-refractivity contribution in [2.75, 3.05) is 26.8 Å². The highest BCUT2D eigenvalue weighted by Gasteiger charge is 2.23. The number of rotatable bonds is 5. The molecule has 7 heteroatoms. The van der Waals surface area contributed by atoms with Crippen molar-refractivity contribution in [2.24, 2.45) is 0 Å². The summed E-state index contributed by atoms with van der Waals surface area (Å²) in [6.07, 6.45) is 2.00. The summed E-state index contributed by atoms with van der Waals surface area (Å²) < 4.78 is 12.6. The van der Waals surface area contributed by atoms with Crippen LogP contribution in [0.5, 0.6) is 5.75 Å². The van der Waals surface area contributed by atoms with Gasteiger partial charge in [0.25, 0.3) is 5.91 Å². The lowest BCUT2D eigenvalue weighted by molar-refractivity contribution is -0.133. The van der Waals surface area contributed by atoms with E-state index in [0.29, 0.717) is 22.0 Å². The van der Waals surface area contributed by atoms with Crippen LogP contribution in [0.1, 0.15) is 34.6 Å². The third-order valence-electron chi connectivity index (χ3n) is 4.82. The lowest BCUT2D eigenvalue weighted by Gasteiger charge is -2.15. The molecule has 1 aromatic heterocycles. The third kappa shape index (κ3) is 3.95. The van der Waals surface area contributed by atoms with Crippen LogP contribution in [0.3, 0.4) is 0 Å². The summed E-state index contributed by atoms with van der Waals surface area (Å²) in [4.78, 5) is 26.4. The SMILES string of the molecule is COc1ccc(Cl)cc1-n1c(C)cc(C(=O)OCC(=O)N2CCCC2)c1C. The highest BCUT2D eigenvalue weighted by Crippen LogP contribution is 2.30. The van der Waals surface area contributed by atoms with E-state index in [1.807, 2.05) is 18.4 Å².